The van der Waals surface area contributed by atoms with Crippen LogP contribution in [0, 0.1) is 11.6 Å². The van der Waals surface area contributed by atoms with Crippen molar-refractivity contribution >= 4 is 32.6 Å². The van der Waals surface area contributed by atoms with E-state index in [9.17, 15) is 13.6 Å². The fraction of sp³-hybridized carbons (Fsp3) is 0.364. The number of aromatic nitrogens is 1. The van der Waals surface area contributed by atoms with Crippen LogP contribution in [0.1, 0.15) is 17.3 Å². The van der Waals surface area contributed by atoms with Crippen LogP contribution in [-0.2, 0) is 4.74 Å². The SMILES string of the molecule is CCOc1ccc(C(=O)N(CCN2CCOCC2)c2nc3c(F)cc(F)cc3s2)cc1. The first kappa shape index (κ1) is 21.6. The van der Waals surface area contributed by atoms with E-state index in [-0.39, 0.29) is 11.4 Å². The van der Waals surface area contributed by atoms with Crippen LogP contribution < -0.4 is 9.64 Å². The average Bonchev–Trinajstić information content (AvgIpc) is 3.19. The van der Waals surface area contributed by atoms with Crippen molar-refractivity contribution < 1.29 is 23.0 Å². The second-order valence-corrected chi connectivity index (χ2v) is 8.11. The average molecular weight is 448 g/mol. The minimum atomic E-state index is -0.737. The van der Waals surface area contributed by atoms with Gasteiger partial charge < -0.3 is 9.47 Å². The highest BCUT2D eigenvalue weighted by Crippen LogP contribution is 2.32. The maximum Gasteiger partial charge on any atom is 0.260 e. The molecule has 0 atom stereocenters. The van der Waals surface area contributed by atoms with Gasteiger partial charge in [0, 0.05) is 37.8 Å². The van der Waals surface area contributed by atoms with Crippen molar-refractivity contribution in [3.05, 3.63) is 53.6 Å². The minimum absolute atomic E-state index is 0.0669. The molecule has 3 aromatic rings. The molecule has 2 heterocycles. The molecule has 0 bridgehead atoms. The van der Waals surface area contributed by atoms with Crippen LogP contribution in [0.25, 0.3) is 10.2 Å². The van der Waals surface area contributed by atoms with Crippen LogP contribution >= 0.6 is 11.3 Å². The molecule has 2 aromatic carbocycles. The van der Waals surface area contributed by atoms with Gasteiger partial charge in [0.2, 0.25) is 0 Å². The molecule has 0 unspecified atom stereocenters. The van der Waals surface area contributed by atoms with Crippen molar-refractivity contribution in [1.82, 2.24) is 9.88 Å². The quantitative estimate of drug-likeness (QED) is 0.549. The largest absolute Gasteiger partial charge is 0.494 e. The summed E-state index contributed by atoms with van der Waals surface area (Å²) in [6.45, 7) is 6.29. The lowest BCUT2D eigenvalue weighted by Crippen LogP contribution is -2.43. The van der Waals surface area contributed by atoms with Gasteiger partial charge in [0.05, 0.1) is 24.5 Å². The third kappa shape index (κ3) is 5.00. The summed E-state index contributed by atoms with van der Waals surface area (Å²) in [6.07, 6.45) is 0. The second kappa shape index (κ2) is 9.67. The number of hydrogen-bond donors (Lipinski definition) is 0. The Morgan fingerprint density at radius 3 is 2.68 bits per heavy atom. The first-order valence-corrected chi connectivity index (χ1v) is 11.0. The van der Waals surface area contributed by atoms with Gasteiger partial charge in [-0.15, -0.1) is 0 Å². The lowest BCUT2D eigenvalue weighted by atomic mass is 10.2. The van der Waals surface area contributed by atoms with E-state index in [2.05, 4.69) is 9.88 Å². The molecule has 1 amide bonds. The summed E-state index contributed by atoms with van der Waals surface area (Å²) in [5, 5.41) is 0.339. The monoisotopic (exact) mass is 447 g/mol. The molecule has 1 aliphatic heterocycles. The number of rotatable bonds is 7. The molecule has 1 aromatic heterocycles. The summed E-state index contributed by atoms with van der Waals surface area (Å²) in [4.78, 5) is 21.4. The van der Waals surface area contributed by atoms with Crippen LogP contribution in [0.5, 0.6) is 5.75 Å². The molecule has 1 saturated heterocycles. The fourth-order valence-electron chi connectivity index (χ4n) is 3.43. The first-order chi connectivity index (χ1) is 15.0. The van der Waals surface area contributed by atoms with Crippen molar-refractivity contribution in [3.63, 3.8) is 0 Å². The Kier molecular flexibility index (Phi) is 6.74. The maximum atomic E-state index is 14.2. The molecular weight excluding hydrogens is 424 g/mol. The lowest BCUT2D eigenvalue weighted by Gasteiger charge is -2.29. The predicted octanol–water partition coefficient (Wildman–Crippen LogP) is 3.95. The van der Waals surface area contributed by atoms with Gasteiger partial charge in [0.15, 0.2) is 10.9 Å². The summed E-state index contributed by atoms with van der Waals surface area (Å²) in [5.41, 5.74) is 0.536. The third-order valence-corrected chi connectivity index (χ3v) is 6.06. The lowest BCUT2D eigenvalue weighted by molar-refractivity contribution is 0.0391. The normalized spacial score (nSPS) is 14.7. The number of ether oxygens (including phenoxy) is 2. The van der Waals surface area contributed by atoms with Crippen LogP contribution in [0.2, 0.25) is 0 Å². The number of thiazole rings is 1. The van der Waals surface area contributed by atoms with Gasteiger partial charge >= 0.3 is 0 Å². The summed E-state index contributed by atoms with van der Waals surface area (Å²) in [7, 11) is 0. The Hall–Kier alpha value is -2.62. The van der Waals surface area contributed by atoms with Crippen LogP contribution in [0.4, 0.5) is 13.9 Å². The predicted molar refractivity (Wildman–Crippen MR) is 116 cm³/mol. The van der Waals surface area contributed by atoms with Crippen molar-refractivity contribution in [3.8, 4) is 5.75 Å². The number of hydrogen-bond acceptors (Lipinski definition) is 6. The van der Waals surface area contributed by atoms with Gasteiger partial charge in [-0.1, -0.05) is 11.3 Å². The van der Waals surface area contributed by atoms with Gasteiger partial charge in [0.1, 0.15) is 17.1 Å². The number of benzene rings is 2. The van der Waals surface area contributed by atoms with Crippen LogP contribution in [0.3, 0.4) is 0 Å². The zero-order chi connectivity index (χ0) is 21.8. The molecule has 4 rings (SSSR count). The second-order valence-electron chi connectivity index (χ2n) is 7.10. The van der Waals surface area contributed by atoms with E-state index < -0.39 is 11.6 Å². The van der Waals surface area contributed by atoms with Crippen molar-refractivity contribution in [1.29, 1.82) is 0 Å². The Bertz CT molecular complexity index is 1050. The van der Waals surface area contributed by atoms with Gasteiger partial charge in [-0.05, 0) is 37.3 Å². The van der Waals surface area contributed by atoms with E-state index in [1.165, 1.54) is 11.0 Å². The smallest absolute Gasteiger partial charge is 0.260 e. The van der Waals surface area contributed by atoms with Gasteiger partial charge in [-0.2, -0.15) is 0 Å². The standard InChI is InChI=1S/C22H23F2N3O3S/c1-2-30-17-5-3-15(4-6-17)21(28)27(8-7-26-9-11-29-12-10-26)22-25-20-18(24)13-16(23)14-19(20)31-22/h3-6,13-14H,2,7-12H2,1H3. The maximum absolute atomic E-state index is 14.2. The van der Waals surface area contributed by atoms with Crippen LogP contribution in [0.15, 0.2) is 36.4 Å². The summed E-state index contributed by atoms with van der Waals surface area (Å²) >= 11 is 1.10. The summed E-state index contributed by atoms with van der Waals surface area (Å²) < 4.78 is 39.0. The molecule has 1 fully saturated rings. The summed E-state index contributed by atoms with van der Waals surface area (Å²) in [6, 6.07) is 8.92. The molecular formula is C22H23F2N3O3S. The number of morpholine rings is 1. The molecule has 0 spiro atoms. The molecule has 0 saturated carbocycles. The van der Waals surface area contributed by atoms with E-state index in [0.717, 1.165) is 30.5 Å². The fourth-order valence-corrected chi connectivity index (χ4v) is 4.46. The highest BCUT2D eigenvalue weighted by Gasteiger charge is 2.24. The topological polar surface area (TPSA) is 54.9 Å². The van der Waals surface area contributed by atoms with Gasteiger partial charge in [-0.3, -0.25) is 14.6 Å². The number of nitrogens with zero attached hydrogens (tertiary/aromatic N) is 3. The van der Waals surface area contributed by atoms with E-state index in [0.29, 0.717) is 54.1 Å². The van der Waals surface area contributed by atoms with E-state index in [4.69, 9.17) is 9.47 Å². The Labute approximate surface area is 183 Å². The highest BCUT2D eigenvalue weighted by molar-refractivity contribution is 7.22. The van der Waals surface area contributed by atoms with Crippen molar-refractivity contribution in [2.24, 2.45) is 0 Å². The minimum Gasteiger partial charge on any atom is -0.494 e. The number of anilines is 1. The molecule has 0 radical (unpaired) electrons. The van der Waals surface area contributed by atoms with Gasteiger partial charge in [0.25, 0.3) is 5.91 Å². The Balaban J connectivity index is 1.63. The molecule has 0 N–H and O–H groups in total. The molecule has 31 heavy (non-hydrogen) atoms. The molecule has 9 heteroatoms. The Morgan fingerprint density at radius 1 is 1.23 bits per heavy atom. The van der Waals surface area contributed by atoms with Crippen molar-refractivity contribution in [2.75, 3.05) is 50.9 Å². The highest BCUT2D eigenvalue weighted by atomic mass is 32.1. The molecule has 164 valence electrons. The zero-order valence-electron chi connectivity index (χ0n) is 17.1. The Morgan fingerprint density at radius 2 is 1.97 bits per heavy atom. The number of carbonyl (C=O) groups excluding carboxylic acids is 1. The van der Waals surface area contributed by atoms with E-state index in [1.807, 2.05) is 6.92 Å². The van der Waals surface area contributed by atoms with E-state index >= 15 is 0 Å². The number of halogens is 2. The third-order valence-electron chi connectivity index (χ3n) is 5.03. The van der Waals surface area contributed by atoms with Crippen LogP contribution in [-0.4, -0.2) is 61.8 Å². The van der Waals surface area contributed by atoms with Crippen molar-refractivity contribution in [2.45, 2.75) is 6.92 Å². The number of amides is 1. The first-order valence-electron chi connectivity index (χ1n) is 10.2. The van der Waals surface area contributed by atoms with Gasteiger partial charge in [-0.25, -0.2) is 13.8 Å². The van der Waals surface area contributed by atoms with E-state index in [1.54, 1.807) is 24.3 Å². The number of carbonyl (C=O) groups is 1. The molecule has 0 aliphatic carbocycles. The number of fused-ring (bicyclic) bond motifs is 1. The molecule has 6 nitrogen and oxygen atoms in total. The summed E-state index contributed by atoms with van der Waals surface area (Å²) in [5.74, 6) is -0.982. The zero-order valence-corrected chi connectivity index (χ0v) is 18.0. The molecule has 1 aliphatic rings.